The van der Waals surface area contributed by atoms with Crippen LogP contribution in [0.25, 0.3) is 0 Å². The van der Waals surface area contributed by atoms with Crippen LogP contribution >= 0.6 is 0 Å². The number of amides is 1. The summed E-state index contributed by atoms with van der Waals surface area (Å²) < 4.78 is 5.36. The van der Waals surface area contributed by atoms with E-state index in [2.05, 4.69) is 15.2 Å². The maximum absolute atomic E-state index is 11.3. The summed E-state index contributed by atoms with van der Waals surface area (Å²) in [6.07, 6.45) is 0. The number of carbonyl (C=O) groups is 1. The van der Waals surface area contributed by atoms with Gasteiger partial charge in [0.1, 0.15) is 5.76 Å². The molecule has 0 aromatic carbocycles. The van der Waals surface area contributed by atoms with Crippen LogP contribution in [0.3, 0.4) is 0 Å². The minimum atomic E-state index is -0.403. The van der Waals surface area contributed by atoms with E-state index in [4.69, 9.17) is 10.3 Å². The molecule has 1 amide bonds. The summed E-state index contributed by atoms with van der Waals surface area (Å²) in [4.78, 5) is 15.6. The first-order chi connectivity index (χ1) is 8.43. The molecule has 0 aliphatic rings. The molecule has 6 heteroatoms. The SMILES string of the molecule is Cc1oc(C(=O)NN)cc1CN(C)CCN(C)C. The number of nitrogens with zero attached hydrogens (tertiary/aromatic N) is 2. The molecule has 1 heterocycles. The summed E-state index contributed by atoms with van der Waals surface area (Å²) in [6, 6.07) is 1.74. The maximum atomic E-state index is 11.3. The fourth-order valence-electron chi connectivity index (χ4n) is 1.60. The molecule has 0 unspecified atom stereocenters. The van der Waals surface area contributed by atoms with Crippen LogP contribution in [-0.4, -0.2) is 49.9 Å². The number of nitrogens with two attached hydrogens (primary N) is 1. The highest BCUT2D eigenvalue weighted by atomic mass is 16.4. The highest BCUT2D eigenvalue weighted by Crippen LogP contribution is 2.16. The van der Waals surface area contributed by atoms with Gasteiger partial charge in [0.05, 0.1) is 0 Å². The summed E-state index contributed by atoms with van der Waals surface area (Å²) in [5.41, 5.74) is 3.07. The van der Waals surface area contributed by atoms with Crippen molar-refractivity contribution in [3.05, 3.63) is 23.2 Å². The lowest BCUT2D eigenvalue weighted by molar-refractivity contribution is 0.0924. The Kier molecular flexibility index (Phi) is 5.33. The van der Waals surface area contributed by atoms with Crippen molar-refractivity contribution >= 4 is 5.91 Å². The van der Waals surface area contributed by atoms with Crippen molar-refractivity contribution in [2.75, 3.05) is 34.2 Å². The number of carbonyl (C=O) groups excluding carboxylic acids is 1. The van der Waals surface area contributed by atoms with E-state index < -0.39 is 5.91 Å². The smallest absolute Gasteiger partial charge is 0.300 e. The molecule has 0 saturated carbocycles. The molecule has 1 aromatic heterocycles. The zero-order chi connectivity index (χ0) is 13.7. The predicted molar refractivity (Wildman–Crippen MR) is 70.0 cm³/mol. The summed E-state index contributed by atoms with van der Waals surface area (Å²) in [6.45, 7) is 4.54. The van der Waals surface area contributed by atoms with E-state index in [0.717, 1.165) is 31.0 Å². The Bertz CT molecular complexity index is 401. The normalized spacial score (nSPS) is 11.3. The lowest BCUT2D eigenvalue weighted by Crippen LogP contribution is -2.29. The van der Waals surface area contributed by atoms with Crippen LogP contribution in [-0.2, 0) is 6.54 Å². The molecule has 0 aliphatic carbocycles. The monoisotopic (exact) mass is 254 g/mol. The van der Waals surface area contributed by atoms with Gasteiger partial charge < -0.3 is 14.2 Å². The van der Waals surface area contributed by atoms with Gasteiger partial charge in [-0.2, -0.15) is 0 Å². The second-order valence-corrected chi connectivity index (χ2v) is 4.71. The van der Waals surface area contributed by atoms with Gasteiger partial charge in [-0.15, -0.1) is 0 Å². The highest BCUT2D eigenvalue weighted by molar-refractivity contribution is 5.91. The lowest BCUT2D eigenvalue weighted by atomic mass is 10.2. The third kappa shape index (κ3) is 4.14. The zero-order valence-corrected chi connectivity index (χ0v) is 11.5. The lowest BCUT2D eigenvalue weighted by Gasteiger charge is -2.18. The van der Waals surface area contributed by atoms with E-state index in [9.17, 15) is 4.79 Å². The standard InChI is InChI=1S/C12H22N4O2/c1-9-10(7-11(18-9)12(17)14-13)8-16(4)6-5-15(2)3/h7H,5-6,8,13H2,1-4H3,(H,14,17). The average Bonchev–Trinajstić information content (AvgIpc) is 2.67. The van der Waals surface area contributed by atoms with Gasteiger partial charge in [0.15, 0.2) is 5.76 Å². The van der Waals surface area contributed by atoms with E-state index in [1.807, 2.05) is 28.1 Å². The van der Waals surface area contributed by atoms with Crippen LogP contribution in [0.2, 0.25) is 0 Å². The molecular formula is C12H22N4O2. The molecule has 102 valence electrons. The summed E-state index contributed by atoms with van der Waals surface area (Å²) >= 11 is 0. The number of aryl methyl sites for hydroxylation is 1. The third-order valence-electron chi connectivity index (χ3n) is 2.74. The first kappa shape index (κ1) is 14.7. The largest absolute Gasteiger partial charge is 0.456 e. The Morgan fingerprint density at radius 1 is 1.39 bits per heavy atom. The number of likely N-dealkylation sites (N-methyl/N-ethyl adjacent to an activating group) is 2. The molecule has 3 N–H and O–H groups in total. The van der Waals surface area contributed by atoms with Crippen LogP contribution < -0.4 is 11.3 Å². The van der Waals surface area contributed by atoms with Crippen LogP contribution in [0, 0.1) is 6.92 Å². The van der Waals surface area contributed by atoms with Crippen LogP contribution in [0.15, 0.2) is 10.5 Å². The number of hydrazine groups is 1. The molecule has 0 fully saturated rings. The van der Waals surface area contributed by atoms with Gasteiger partial charge >= 0.3 is 5.91 Å². The van der Waals surface area contributed by atoms with E-state index in [1.165, 1.54) is 0 Å². The molecular weight excluding hydrogens is 232 g/mol. The molecule has 0 aliphatic heterocycles. The van der Waals surface area contributed by atoms with Crippen LogP contribution in [0.4, 0.5) is 0 Å². The molecule has 0 atom stereocenters. The zero-order valence-electron chi connectivity index (χ0n) is 11.5. The van der Waals surface area contributed by atoms with Gasteiger partial charge in [-0.05, 0) is 34.1 Å². The van der Waals surface area contributed by atoms with Gasteiger partial charge in [-0.3, -0.25) is 10.2 Å². The molecule has 1 aromatic rings. The minimum Gasteiger partial charge on any atom is -0.456 e. The average molecular weight is 254 g/mol. The molecule has 1 rings (SSSR count). The Morgan fingerprint density at radius 2 is 2.06 bits per heavy atom. The fraction of sp³-hybridized carbons (Fsp3) is 0.583. The molecule has 6 nitrogen and oxygen atoms in total. The van der Waals surface area contributed by atoms with E-state index in [1.54, 1.807) is 6.07 Å². The number of hydrogen-bond donors (Lipinski definition) is 2. The van der Waals surface area contributed by atoms with E-state index in [-0.39, 0.29) is 5.76 Å². The van der Waals surface area contributed by atoms with Crippen molar-refractivity contribution in [3.8, 4) is 0 Å². The van der Waals surface area contributed by atoms with Gasteiger partial charge in [0.25, 0.3) is 0 Å². The Labute approximate surface area is 108 Å². The van der Waals surface area contributed by atoms with Crippen LogP contribution in [0.1, 0.15) is 21.9 Å². The summed E-state index contributed by atoms with van der Waals surface area (Å²) in [5.74, 6) is 5.68. The van der Waals surface area contributed by atoms with Gasteiger partial charge in [-0.1, -0.05) is 0 Å². The van der Waals surface area contributed by atoms with Crippen molar-refractivity contribution in [1.82, 2.24) is 15.2 Å². The van der Waals surface area contributed by atoms with Crippen molar-refractivity contribution in [1.29, 1.82) is 0 Å². The van der Waals surface area contributed by atoms with Gasteiger partial charge in [0, 0.05) is 25.2 Å². The Balaban J connectivity index is 2.61. The highest BCUT2D eigenvalue weighted by Gasteiger charge is 2.14. The van der Waals surface area contributed by atoms with E-state index >= 15 is 0 Å². The molecule has 0 radical (unpaired) electrons. The van der Waals surface area contributed by atoms with Crippen LogP contribution in [0.5, 0.6) is 0 Å². The Hall–Kier alpha value is -1.37. The maximum Gasteiger partial charge on any atom is 0.300 e. The van der Waals surface area contributed by atoms with Gasteiger partial charge in [0.2, 0.25) is 0 Å². The quantitative estimate of drug-likeness (QED) is 0.430. The van der Waals surface area contributed by atoms with Gasteiger partial charge in [-0.25, -0.2) is 5.84 Å². The second kappa shape index (κ2) is 6.53. The first-order valence-corrected chi connectivity index (χ1v) is 5.87. The second-order valence-electron chi connectivity index (χ2n) is 4.71. The topological polar surface area (TPSA) is 74.7 Å². The number of hydrogen-bond acceptors (Lipinski definition) is 5. The van der Waals surface area contributed by atoms with Crippen molar-refractivity contribution in [3.63, 3.8) is 0 Å². The molecule has 0 spiro atoms. The molecule has 18 heavy (non-hydrogen) atoms. The number of nitrogen functional groups attached to an aromatic ring is 1. The van der Waals surface area contributed by atoms with Crippen molar-refractivity contribution in [2.45, 2.75) is 13.5 Å². The number of nitrogens with one attached hydrogen (secondary N) is 1. The fourth-order valence-corrected chi connectivity index (χ4v) is 1.60. The third-order valence-corrected chi connectivity index (χ3v) is 2.74. The summed E-state index contributed by atoms with van der Waals surface area (Å²) in [7, 11) is 6.12. The predicted octanol–water partition coefficient (Wildman–Crippen LogP) is 0.185. The van der Waals surface area contributed by atoms with E-state index in [0.29, 0.717) is 0 Å². The first-order valence-electron chi connectivity index (χ1n) is 5.87. The summed E-state index contributed by atoms with van der Waals surface area (Å²) in [5, 5.41) is 0. The molecule has 0 bridgehead atoms. The minimum absolute atomic E-state index is 0.256. The number of furan rings is 1. The van der Waals surface area contributed by atoms with Crippen molar-refractivity contribution < 1.29 is 9.21 Å². The Morgan fingerprint density at radius 3 is 2.61 bits per heavy atom. The van der Waals surface area contributed by atoms with Crippen molar-refractivity contribution in [2.24, 2.45) is 5.84 Å². The molecule has 0 saturated heterocycles. The number of rotatable bonds is 6.